The van der Waals surface area contributed by atoms with Crippen LogP contribution in [0.15, 0.2) is 11.9 Å². The van der Waals surface area contributed by atoms with E-state index in [0.717, 1.165) is 11.3 Å². The van der Waals surface area contributed by atoms with Crippen molar-refractivity contribution in [1.29, 1.82) is 0 Å². The van der Waals surface area contributed by atoms with E-state index >= 15 is 0 Å². The maximum atomic E-state index is 13.6. The van der Waals surface area contributed by atoms with Crippen molar-refractivity contribution in [1.82, 2.24) is 14.7 Å². The van der Waals surface area contributed by atoms with Crippen molar-refractivity contribution in [2.24, 2.45) is 0 Å². The largest absolute Gasteiger partial charge is 0.383 e. The molecule has 0 bridgehead atoms. The van der Waals surface area contributed by atoms with Crippen molar-refractivity contribution in [3.63, 3.8) is 0 Å². The summed E-state index contributed by atoms with van der Waals surface area (Å²) in [5.41, 5.74) is 2.29. The molecular weight excluding hydrogens is 313 g/mol. The third-order valence-electron chi connectivity index (χ3n) is 4.50. The predicted octanol–water partition coefficient (Wildman–Crippen LogP) is 2.25. The summed E-state index contributed by atoms with van der Waals surface area (Å²) in [6.45, 7) is 5.43. The lowest BCUT2D eigenvalue weighted by Gasteiger charge is -2.27. The third-order valence-corrected chi connectivity index (χ3v) is 4.50. The van der Waals surface area contributed by atoms with E-state index in [1.807, 2.05) is 13.8 Å². The van der Waals surface area contributed by atoms with E-state index in [1.165, 1.54) is 0 Å². The zero-order chi connectivity index (χ0) is 17.3. The van der Waals surface area contributed by atoms with Crippen LogP contribution in [0.3, 0.4) is 0 Å². The lowest BCUT2D eigenvalue weighted by molar-refractivity contribution is -0.00720. The zero-order valence-electron chi connectivity index (χ0n) is 14.4. The van der Waals surface area contributed by atoms with E-state index in [2.05, 4.69) is 5.10 Å². The van der Waals surface area contributed by atoms with Gasteiger partial charge in [-0.2, -0.15) is 5.10 Å². The molecule has 2 atom stereocenters. The van der Waals surface area contributed by atoms with Crippen molar-refractivity contribution < 1.29 is 18.7 Å². The molecule has 1 aromatic heterocycles. The van der Waals surface area contributed by atoms with Crippen LogP contribution in [0.4, 0.5) is 4.39 Å². The minimum Gasteiger partial charge on any atom is -0.383 e. The van der Waals surface area contributed by atoms with Gasteiger partial charge in [-0.05, 0) is 26.3 Å². The molecule has 3 rings (SSSR count). The molecule has 0 saturated heterocycles. The number of amides is 1. The lowest BCUT2D eigenvalue weighted by Crippen LogP contribution is -2.37. The van der Waals surface area contributed by atoms with E-state index in [4.69, 9.17) is 9.47 Å². The average molecular weight is 337 g/mol. The van der Waals surface area contributed by atoms with Crippen LogP contribution in [-0.2, 0) is 22.4 Å². The van der Waals surface area contributed by atoms with Crippen LogP contribution < -0.4 is 0 Å². The number of ether oxygens (including phenoxy) is 2. The predicted molar refractivity (Wildman–Crippen MR) is 86.5 cm³/mol. The first kappa shape index (κ1) is 17.1. The highest BCUT2D eigenvalue weighted by Crippen LogP contribution is 2.32. The molecule has 0 aromatic carbocycles. The van der Waals surface area contributed by atoms with Gasteiger partial charge in [-0.1, -0.05) is 0 Å². The molecule has 0 N–H and O–H groups in total. The molecule has 24 heavy (non-hydrogen) atoms. The van der Waals surface area contributed by atoms with Gasteiger partial charge in [-0.25, -0.2) is 4.39 Å². The number of halogens is 1. The Balaban J connectivity index is 1.98. The molecule has 0 unspecified atom stereocenters. The number of hydrogen-bond donors (Lipinski definition) is 0. The number of rotatable bonds is 4. The number of nitrogens with zero attached hydrogens (tertiary/aromatic N) is 3. The number of fused-ring (bicyclic) bond motifs is 1. The van der Waals surface area contributed by atoms with Gasteiger partial charge in [-0.15, -0.1) is 0 Å². The fraction of sp³-hybridized carbons (Fsp3) is 0.647. The van der Waals surface area contributed by atoms with Crippen LogP contribution in [0.2, 0.25) is 0 Å². The van der Waals surface area contributed by atoms with Gasteiger partial charge in [0.1, 0.15) is 11.5 Å². The summed E-state index contributed by atoms with van der Waals surface area (Å²) in [5.74, 6) is -0.416. The molecule has 0 saturated carbocycles. The summed E-state index contributed by atoms with van der Waals surface area (Å²) < 4.78 is 26.3. The highest BCUT2D eigenvalue weighted by Gasteiger charge is 2.34. The summed E-state index contributed by atoms with van der Waals surface area (Å²) in [6.07, 6.45) is 2.59. The molecule has 1 aromatic rings. The van der Waals surface area contributed by atoms with Gasteiger partial charge in [0.05, 0.1) is 37.6 Å². The lowest BCUT2D eigenvalue weighted by atomic mass is 9.99. The zero-order valence-corrected chi connectivity index (χ0v) is 14.4. The van der Waals surface area contributed by atoms with Gasteiger partial charge < -0.3 is 14.4 Å². The second-order valence-corrected chi connectivity index (χ2v) is 6.39. The standard InChI is InChI=1S/C17H24FN3O3/c1-11-9-14-15(12(2)24-11)19-21(7-8-23-3)16(14)17(22)20-6-4-5-13(18)10-20/h5,11-12H,4,6-10H2,1-3H3/t11-,12+/m0/s1. The summed E-state index contributed by atoms with van der Waals surface area (Å²) in [4.78, 5) is 14.6. The van der Waals surface area contributed by atoms with Crippen LogP contribution in [0.25, 0.3) is 0 Å². The number of carbonyl (C=O) groups excluding carboxylic acids is 1. The second kappa shape index (κ2) is 7.03. The highest BCUT2D eigenvalue weighted by molar-refractivity contribution is 5.94. The van der Waals surface area contributed by atoms with Crippen LogP contribution in [0, 0.1) is 0 Å². The Kier molecular flexibility index (Phi) is 5.01. The first-order valence-corrected chi connectivity index (χ1v) is 8.39. The van der Waals surface area contributed by atoms with Crippen LogP contribution in [0.5, 0.6) is 0 Å². The average Bonchev–Trinajstić information content (AvgIpc) is 2.90. The minimum absolute atomic E-state index is 0.0251. The molecular formula is C17H24FN3O3. The number of carbonyl (C=O) groups is 1. The third kappa shape index (κ3) is 3.23. The Morgan fingerprint density at radius 3 is 3.00 bits per heavy atom. The maximum Gasteiger partial charge on any atom is 0.272 e. The normalized spacial score (nSPS) is 23.8. The first-order valence-electron chi connectivity index (χ1n) is 8.39. The van der Waals surface area contributed by atoms with Gasteiger partial charge in [0.15, 0.2) is 0 Å². The fourth-order valence-corrected chi connectivity index (χ4v) is 3.40. The van der Waals surface area contributed by atoms with Gasteiger partial charge in [0.2, 0.25) is 0 Å². The summed E-state index contributed by atoms with van der Waals surface area (Å²) in [7, 11) is 1.61. The highest BCUT2D eigenvalue weighted by atomic mass is 19.1. The quantitative estimate of drug-likeness (QED) is 0.846. The Labute approximate surface area is 141 Å². The van der Waals surface area contributed by atoms with E-state index in [9.17, 15) is 9.18 Å². The maximum absolute atomic E-state index is 13.6. The Hall–Kier alpha value is -1.73. The molecule has 0 aliphatic carbocycles. The van der Waals surface area contributed by atoms with Crippen molar-refractivity contribution >= 4 is 5.91 Å². The molecule has 2 aliphatic rings. The minimum atomic E-state index is -0.253. The van der Waals surface area contributed by atoms with Gasteiger partial charge in [-0.3, -0.25) is 9.48 Å². The first-order chi connectivity index (χ1) is 11.5. The molecule has 1 amide bonds. The molecule has 0 fully saturated rings. The summed E-state index contributed by atoms with van der Waals surface area (Å²) in [5, 5.41) is 4.59. The number of aromatic nitrogens is 2. The molecule has 3 heterocycles. The van der Waals surface area contributed by atoms with Crippen molar-refractivity contribution in [2.45, 2.75) is 45.4 Å². The van der Waals surface area contributed by atoms with Crippen molar-refractivity contribution in [3.05, 3.63) is 28.9 Å². The fourth-order valence-electron chi connectivity index (χ4n) is 3.40. The Morgan fingerprint density at radius 1 is 1.50 bits per heavy atom. The Morgan fingerprint density at radius 2 is 2.29 bits per heavy atom. The number of methoxy groups -OCH3 is 1. The topological polar surface area (TPSA) is 56.6 Å². The van der Waals surface area contributed by atoms with Gasteiger partial charge in [0.25, 0.3) is 5.91 Å². The Bertz CT molecular complexity index is 656. The molecule has 2 aliphatic heterocycles. The molecule has 7 heteroatoms. The summed E-state index contributed by atoms with van der Waals surface area (Å²) in [6, 6.07) is 0. The van der Waals surface area contributed by atoms with Gasteiger partial charge >= 0.3 is 0 Å². The van der Waals surface area contributed by atoms with Crippen LogP contribution >= 0.6 is 0 Å². The molecule has 0 spiro atoms. The van der Waals surface area contributed by atoms with Crippen LogP contribution in [0.1, 0.15) is 48.1 Å². The molecule has 0 radical (unpaired) electrons. The molecule has 6 nitrogen and oxygen atoms in total. The smallest absolute Gasteiger partial charge is 0.272 e. The van der Waals surface area contributed by atoms with E-state index in [1.54, 1.807) is 22.8 Å². The van der Waals surface area contributed by atoms with Crippen molar-refractivity contribution in [2.75, 3.05) is 26.8 Å². The second-order valence-electron chi connectivity index (χ2n) is 6.39. The SMILES string of the molecule is COCCn1nc2c(c1C(=O)N1CCC=C(F)C1)C[C@H](C)O[C@@H]2C. The van der Waals surface area contributed by atoms with E-state index in [-0.39, 0.29) is 30.5 Å². The van der Waals surface area contributed by atoms with Crippen molar-refractivity contribution in [3.8, 4) is 0 Å². The monoisotopic (exact) mass is 337 g/mol. The number of hydrogen-bond acceptors (Lipinski definition) is 4. The van der Waals surface area contributed by atoms with E-state index < -0.39 is 0 Å². The van der Waals surface area contributed by atoms with Gasteiger partial charge in [0, 0.05) is 25.6 Å². The molecule has 132 valence electrons. The summed E-state index contributed by atoms with van der Waals surface area (Å²) >= 11 is 0. The van der Waals surface area contributed by atoms with Crippen LogP contribution in [-0.4, -0.2) is 53.5 Å². The van der Waals surface area contributed by atoms with E-state index in [0.29, 0.717) is 38.2 Å².